The summed E-state index contributed by atoms with van der Waals surface area (Å²) in [4.78, 5) is 36.8. The Morgan fingerprint density at radius 1 is 1.06 bits per heavy atom. The molecule has 33 heavy (non-hydrogen) atoms. The van der Waals surface area contributed by atoms with Gasteiger partial charge in [-0.25, -0.2) is 4.98 Å². The van der Waals surface area contributed by atoms with Crippen LogP contribution in [0.25, 0.3) is 10.2 Å². The van der Waals surface area contributed by atoms with Gasteiger partial charge in [0.05, 0.1) is 10.2 Å². The van der Waals surface area contributed by atoms with Gasteiger partial charge >= 0.3 is 28.0 Å². The maximum atomic E-state index is 12.8. The lowest BCUT2D eigenvalue weighted by Gasteiger charge is -2.51. The third-order valence-corrected chi connectivity index (χ3v) is 7.49. The van der Waals surface area contributed by atoms with Crippen LogP contribution in [-0.2, 0) is 48.4 Å². The average molecular weight is 504 g/mol. The van der Waals surface area contributed by atoms with Crippen molar-refractivity contribution in [2.75, 3.05) is 0 Å². The van der Waals surface area contributed by atoms with Gasteiger partial charge in [-0.05, 0) is 19.1 Å². The second-order valence-electron chi connectivity index (χ2n) is 7.44. The first-order valence-electron chi connectivity index (χ1n) is 9.45. The van der Waals surface area contributed by atoms with Crippen molar-refractivity contribution in [3.05, 3.63) is 29.3 Å². The van der Waals surface area contributed by atoms with Crippen LogP contribution in [-0.4, -0.2) is 65.1 Å². The van der Waals surface area contributed by atoms with Crippen LogP contribution in [0.15, 0.2) is 24.3 Å². The molecule has 180 valence electrons. The standard InChI is InChI=1S/C19H21NO11S2/c1-9(21)28-14-15(29-10(2)22)19(33(25,26)27,31-17(24)18(14,4)30-11(3)23)16-20-12-7-5-6-8-13(12)32-16/h5-8,14-15,17,24H,1-4H3,(H,25,26,27)/t14-,15-,17+,18+,19?/m0/s1. The van der Waals surface area contributed by atoms with Crippen LogP contribution in [0.4, 0.5) is 0 Å². The molecule has 1 aromatic heterocycles. The highest BCUT2D eigenvalue weighted by molar-refractivity contribution is 7.86. The van der Waals surface area contributed by atoms with E-state index in [2.05, 4.69) is 4.98 Å². The number of carbonyl (C=O) groups is 3. The molecular formula is C19H21NO11S2. The van der Waals surface area contributed by atoms with Crippen molar-refractivity contribution in [3.8, 4) is 0 Å². The number of rotatable bonds is 5. The zero-order valence-electron chi connectivity index (χ0n) is 17.9. The normalized spacial score (nSPS) is 29.9. The molecule has 1 aromatic carbocycles. The number of carbonyl (C=O) groups excluding carboxylic acids is 3. The number of nitrogens with zero attached hydrogens (tertiary/aromatic N) is 1. The second-order valence-corrected chi connectivity index (χ2v) is 10.0. The smallest absolute Gasteiger partial charge is 0.306 e. The summed E-state index contributed by atoms with van der Waals surface area (Å²) < 4.78 is 57.5. The summed E-state index contributed by atoms with van der Waals surface area (Å²) in [6, 6.07) is 6.45. The van der Waals surface area contributed by atoms with Crippen molar-refractivity contribution < 1.29 is 51.4 Å². The summed E-state index contributed by atoms with van der Waals surface area (Å²) in [7, 11) is -5.41. The van der Waals surface area contributed by atoms with Gasteiger partial charge in [-0.1, -0.05) is 12.1 Å². The molecule has 0 aliphatic carbocycles. The van der Waals surface area contributed by atoms with Crippen molar-refractivity contribution in [2.24, 2.45) is 0 Å². The minimum Gasteiger partial charge on any atom is -0.454 e. The molecule has 1 unspecified atom stereocenters. The van der Waals surface area contributed by atoms with Gasteiger partial charge in [0.25, 0.3) is 4.93 Å². The number of hydrogen-bond acceptors (Lipinski definition) is 12. The Morgan fingerprint density at radius 2 is 1.64 bits per heavy atom. The Bertz CT molecular complexity index is 1180. The first-order chi connectivity index (χ1) is 15.2. The molecule has 1 saturated heterocycles. The highest BCUT2D eigenvalue weighted by atomic mass is 32.2. The fourth-order valence-electron chi connectivity index (χ4n) is 3.60. The van der Waals surface area contributed by atoms with Crippen LogP contribution in [0.2, 0.25) is 0 Å². The summed E-state index contributed by atoms with van der Waals surface area (Å²) in [6.45, 7) is 3.98. The van der Waals surface area contributed by atoms with Gasteiger partial charge in [0, 0.05) is 20.8 Å². The van der Waals surface area contributed by atoms with E-state index >= 15 is 0 Å². The number of aromatic nitrogens is 1. The summed E-state index contributed by atoms with van der Waals surface area (Å²) in [5.41, 5.74) is -1.92. The number of esters is 3. The van der Waals surface area contributed by atoms with E-state index < -0.39 is 62.1 Å². The minimum absolute atomic E-state index is 0.317. The van der Waals surface area contributed by atoms with Crippen LogP contribution in [0.1, 0.15) is 32.7 Å². The van der Waals surface area contributed by atoms with Crippen molar-refractivity contribution in [2.45, 2.75) is 56.7 Å². The number of benzene rings is 1. The first-order valence-corrected chi connectivity index (χ1v) is 11.7. The molecule has 0 saturated carbocycles. The number of fused-ring (bicyclic) bond motifs is 1. The van der Waals surface area contributed by atoms with Crippen molar-refractivity contribution >= 4 is 49.6 Å². The van der Waals surface area contributed by atoms with Gasteiger partial charge in [-0.2, -0.15) is 8.42 Å². The molecule has 2 heterocycles. The molecule has 1 aliphatic rings. The number of aliphatic hydroxyl groups is 1. The number of para-hydroxylation sites is 1. The fourth-order valence-corrected chi connectivity index (χ4v) is 6.00. The molecule has 3 rings (SSSR count). The van der Waals surface area contributed by atoms with E-state index in [1.54, 1.807) is 24.3 Å². The van der Waals surface area contributed by atoms with Gasteiger partial charge in [0.1, 0.15) is 5.01 Å². The van der Waals surface area contributed by atoms with Gasteiger partial charge in [0.15, 0.2) is 17.8 Å². The Kier molecular flexibility index (Phi) is 6.52. The van der Waals surface area contributed by atoms with E-state index in [4.69, 9.17) is 18.9 Å². The summed E-state index contributed by atoms with van der Waals surface area (Å²) in [5.74, 6) is -2.98. The molecule has 0 amide bonds. The zero-order chi connectivity index (χ0) is 24.8. The number of thiazole rings is 1. The largest absolute Gasteiger partial charge is 0.454 e. The van der Waals surface area contributed by atoms with E-state index in [1.165, 1.54) is 0 Å². The lowest BCUT2D eigenvalue weighted by Crippen LogP contribution is -2.72. The summed E-state index contributed by atoms with van der Waals surface area (Å²) >= 11 is 0.771. The maximum Gasteiger partial charge on any atom is 0.306 e. The quantitative estimate of drug-likeness (QED) is 0.335. The number of ether oxygens (including phenoxy) is 4. The molecule has 5 atom stereocenters. The van der Waals surface area contributed by atoms with E-state index in [0.717, 1.165) is 39.0 Å². The SMILES string of the molecule is CC(=O)O[C@H]1[C@H](OC(C)=O)[C@@](C)(OC(C)=O)[C@H](O)OC1(c1nc2ccccc2s1)S(=O)(=O)O. The first kappa shape index (κ1) is 25.0. The zero-order valence-corrected chi connectivity index (χ0v) is 19.5. The van der Waals surface area contributed by atoms with Crippen molar-refractivity contribution in [1.82, 2.24) is 4.98 Å². The van der Waals surface area contributed by atoms with Crippen LogP contribution < -0.4 is 0 Å². The number of hydrogen-bond donors (Lipinski definition) is 2. The van der Waals surface area contributed by atoms with Gasteiger partial charge in [0.2, 0.25) is 6.29 Å². The second kappa shape index (κ2) is 8.61. The van der Waals surface area contributed by atoms with Crippen LogP contribution in [0.5, 0.6) is 0 Å². The minimum atomic E-state index is -5.41. The Labute approximate surface area is 192 Å². The van der Waals surface area contributed by atoms with E-state index in [-0.39, 0.29) is 0 Å². The van der Waals surface area contributed by atoms with Crippen molar-refractivity contribution in [1.29, 1.82) is 0 Å². The van der Waals surface area contributed by atoms with Crippen LogP contribution in [0.3, 0.4) is 0 Å². The highest BCUT2D eigenvalue weighted by Gasteiger charge is 2.72. The summed E-state index contributed by atoms with van der Waals surface area (Å²) in [6.07, 6.45) is -6.34. The predicted octanol–water partition coefficient (Wildman–Crippen LogP) is 0.871. The Balaban J connectivity index is 2.36. The Morgan fingerprint density at radius 3 is 2.15 bits per heavy atom. The molecule has 2 N–H and O–H groups in total. The molecule has 0 bridgehead atoms. The van der Waals surface area contributed by atoms with Gasteiger partial charge in [-0.15, -0.1) is 11.3 Å². The highest BCUT2D eigenvalue weighted by Crippen LogP contribution is 2.50. The van der Waals surface area contributed by atoms with E-state index in [9.17, 15) is 32.5 Å². The van der Waals surface area contributed by atoms with E-state index in [1.807, 2.05) is 0 Å². The molecule has 14 heteroatoms. The third kappa shape index (κ3) is 4.31. The number of aliphatic hydroxyl groups excluding tert-OH is 1. The molecular weight excluding hydrogens is 482 g/mol. The Hall–Kier alpha value is -2.65. The van der Waals surface area contributed by atoms with Gasteiger partial charge in [-0.3, -0.25) is 18.9 Å². The lowest BCUT2D eigenvalue weighted by molar-refractivity contribution is -0.340. The fraction of sp³-hybridized carbons (Fsp3) is 0.474. The monoisotopic (exact) mass is 503 g/mol. The van der Waals surface area contributed by atoms with E-state index in [0.29, 0.717) is 10.2 Å². The molecule has 1 fully saturated rings. The van der Waals surface area contributed by atoms with Crippen LogP contribution >= 0.6 is 11.3 Å². The topological polar surface area (TPSA) is 176 Å². The molecule has 12 nitrogen and oxygen atoms in total. The predicted molar refractivity (Wildman–Crippen MR) is 111 cm³/mol. The molecule has 2 aromatic rings. The third-order valence-electron chi connectivity index (χ3n) is 4.92. The summed E-state index contributed by atoms with van der Waals surface area (Å²) in [5, 5.41) is 10.4. The molecule has 1 aliphatic heterocycles. The molecule has 0 radical (unpaired) electrons. The lowest BCUT2D eigenvalue weighted by atomic mass is 9.86. The average Bonchev–Trinajstić information content (AvgIpc) is 3.10. The maximum absolute atomic E-state index is 12.8. The van der Waals surface area contributed by atoms with Crippen LogP contribution in [0, 0.1) is 0 Å². The molecule has 0 spiro atoms. The van der Waals surface area contributed by atoms with Gasteiger partial charge < -0.3 is 24.1 Å². The van der Waals surface area contributed by atoms with Crippen molar-refractivity contribution in [3.63, 3.8) is 0 Å².